The highest BCUT2D eigenvalue weighted by Gasteiger charge is 2.05. The van der Waals surface area contributed by atoms with Crippen molar-refractivity contribution in [3.05, 3.63) is 46.2 Å². The molecular weight excluding hydrogens is 260 g/mol. The highest BCUT2D eigenvalue weighted by molar-refractivity contribution is 5.54. The summed E-state index contributed by atoms with van der Waals surface area (Å²) < 4.78 is 0. The van der Waals surface area contributed by atoms with Crippen molar-refractivity contribution in [2.45, 2.75) is 41.2 Å². The van der Waals surface area contributed by atoms with Gasteiger partial charge in [0.15, 0.2) is 5.82 Å². The molecule has 110 valence electrons. The summed E-state index contributed by atoms with van der Waals surface area (Å²) in [6.45, 7) is 11.1. The first-order valence-electron chi connectivity index (χ1n) is 7.11. The first-order chi connectivity index (χ1) is 10.0. The molecule has 0 aliphatic rings. The molecule has 0 aromatic carbocycles. The van der Waals surface area contributed by atoms with Gasteiger partial charge in [0.05, 0.1) is 5.69 Å². The zero-order chi connectivity index (χ0) is 15.4. The van der Waals surface area contributed by atoms with Crippen LogP contribution in [0.4, 0.5) is 5.82 Å². The van der Waals surface area contributed by atoms with E-state index in [9.17, 15) is 0 Å². The fourth-order valence-corrected chi connectivity index (χ4v) is 2.44. The van der Waals surface area contributed by atoms with Crippen molar-refractivity contribution in [2.24, 2.45) is 0 Å². The van der Waals surface area contributed by atoms with Gasteiger partial charge < -0.3 is 5.32 Å². The molecule has 1 N–H and O–H groups in total. The molecule has 0 fully saturated rings. The highest BCUT2D eigenvalue weighted by atomic mass is 15.2. The fraction of sp³-hybridized carbons (Fsp3) is 0.353. The average Bonchev–Trinajstić information content (AvgIpc) is 2.46. The first-order valence-corrected chi connectivity index (χ1v) is 7.11. The summed E-state index contributed by atoms with van der Waals surface area (Å²) in [5, 5.41) is 14.4. The van der Waals surface area contributed by atoms with E-state index in [0.717, 1.165) is 22.3 Å². The van der Waals surface area contributed by atoms with Gasteiger partial charge in [-0.2, -0.15) is 5.10 Å². The molecule has 4 nitrogen and oxygen atoms in total. The molecule has 0 atom stereocenters. The Hall–Kier alpha value is -2.23. The first kappa shape index (κ1) is 15.2. The minimum Gasteiger partial charge on any atom is -0.364 e. The number of anilines is 1. The van der Waals surface area contributed by atoms with Gasteiger partial charge in [-0.05, 0) is 46.2 Å². The molecule has 2 heterocycles. The quantitative estimate of drug-likeness (QED) is 0.937. The number of nitrogens with one attached hydrogen (secondary N) is 1. The molecule has 0 bridgehead atoms. The smallest absolute Gasteiger partial charge is 0.156 e. The van der Waals surface area contributed by atoms with Crippen molar-refractivity contribution < 1.29 is 0 Å². The van der Waals surface area contributed by atoms with Crippen molar-refractivity contribution in [1.82, 2.24) is 15.2 Å². The van der Waals surface area contributed by atoms with Gasteiger partial charge in [0.2, 0.25) is 0 Å². The molecule has 21 heavy (non-hydrogen) atoms. The molecule has 0 saturated heterocycles. The lowest BCUT2D eigenvalue weighted by Gasteiger charge is -2.09. The van der Waals surface area contributed by atoms with Crippen LogP contribution in [0, 0.1) is 6.92 Å². The molecule has 4 heteroatoms. The molecular formula is C17H22N4. The van der Waals surface area contributed by atoms with Gasteiger partial charge in [-0.1, -0.05) is 17.2 Å². The lowest BCUT2D eigenvalue weighted by Crippen LogP contribution is -2.35. The van der Waals surface area contributed by atoms with Crippen LogP contribution in [0.2, 0.25) is 0 Å². The van der Waals surface area contributed by atoms with Gasteiger partial charge >= 0.3 is 0 Å². The van der Waals surface area contributed by atoms with E-state index in [2.05, 4.69) is 48.2 Å². The normalized spacial score (nSPS) is 10.3. The van der Waals surface area contributed by atoms with Crippen molar-refractivity contribution in [3.63, 3.8) is 0 Å². The van der Waals surface area contributed by atoms with Crippen LogP contribution >= 0.6 is 0 Å². The number of hydrogen-bond donors (Lipinski definition) is 1. The van der Waals surface area contributed by atoms with Crippen LogP contribution in [-0.2, 0) is 6.54 Å². The summed E-state index contributed by atoms with van der Waals surface area (Å²) in [5.74, 6) is 0.834. The van der Waals surface area contributed by atoms with Crippen LogP contribution in [-0.4, -0.2) is 15.2 Å². The molecule has 0 saturated carbocycles. The predicted octanol–water partition coefficient (Wildman–Crippen LogP) is 2.17. The van der Waals surface area contributed by atoms with Crippen LogP contribution in [0.15, 0.2) is 24.5 Å². The molecule has 0 aliphatic heterocycles. The minimum absolute atomic E-state index is 0.689. The summed E-state index contributed by atoms with van der Waals surface area (Å²) in [5.41, 5.74) is 4.58. The Morgan fingerprint density at radius 1 is 1.05 bits per heavy atom. The molecule has 2 aromatic heterocycles. The largest absolute Gasteiger partial charge is 0.364 e. The summed E-state index contributed by atoms with van der Waals surface area (Å²) in [4.78, 5) is 4.13. The molecule has 2 aromatic rings. The standard InChI is InChI=1S/C17H22N4/c1-11(2)15-13(5)20-21-17(16(15)12(3)4)19-10-14-7-6-8-18-9-14/h6-9H,10H2,1-5H3,(H,19,21). The number of aromatic nitrogens is 3. The summed E-state index contributed by atoms with van der Waals surface area (Å²) in [6.07, 6.45) is 3.63. The van der Waals surface area contributed by atoms with Gasteiger partial charge in [-0.3, -0.25) is 4.98 Å². The average molecular weight is 282 g/mol. The lowest BCUT2D eigenvalue weighted by molar-refractivity contribution is 0.933. The lowest BCUT2D eigenvalue weighted by atomic mass is 10.1. The Kier molecular flexibility index (Phi) is 4.68. The zero-order valence-corrected chi connectivity index (χ0v) is 13.4. The van der Waals surface area contributed by atoms with Crippen molar-refractivity contribution in [1.29, 1.82) is 0 Å². The number of rotatable bonds is 3. The minimum atomic E-state index is 0.689. The third-order valence-corrected chi connectivity index (χ3v) is 3.33. The maximum Gasteiger partial charge on any atom is 0.156 e. The van der Waals surface area contributed by atoms with Crippen molar-refractivity contribution >= 4 is 17.0 Å². The van der Waals surface area contributed by atoms with E-state index in [-0.39, 0.29) is 0 Å². The second-order valence-electron chi connectivity index (χ2n) is 5.60. The van der Waals surface area contributed by atoms with Crippen LogP contribution in [0.1, 0.15) is 39.0 Å². The maximum atomic E-state index is 4.34. The summed E-state index contributed by atoms with van der Waals surface area (Å²) >= 11 is 0. The highest BCUT2D eigenvalue weighted by Crippen LogP contribution is 2.01. The number of pyridine rings is 1. The Morgan fingerprint density at radius 3 is 2.33 bits per heavy atom. The van der Waals surface area contributed by atoms with E-state index in [0.29, 0.717) is 6.54 Å². The fourth-order valence-electron chi connectivity index (χ4n) is 2.44. The molecule has 2 rings (SSSR count). The van der Waals surface area contributed by atoms with E-state index in [4.69, 9.17) is 0 Å². The molecule has 0 spiro atoms. The number of aryl methyl sites for hydroxylation is 1. The zero-order valence-electron chi connectivity index (χ0n) is 13.4. The Bertz CT molecular complexity index is 740. The van der Waals surface area contributed by atoms with Crippen LogP contribution < -0.4 is 15.8 Å². The summed E-state index contributed by atoms with van der Waals surface area (Å²) in [7, 11) is 0. The third kappa shape index (κ3) is 3.45. The van der Waals surface area contributed by atoms with Gasteiger partial charge in [0.1, 0.15) is 0 Å². The second kappa shape index (κ2) is 6.48. The van der Waals surface area contributed by atoms with E-state index in [1.54, 1.807) is 6.20 Å². The van der Waals surface area contributed by atoms with Gasteiger partial charge in [0, 0.05) is 29.4 Å². The third-order valence-electron chi connectivity index (χ3n) is 3.33. The SMILES string of the molecule is CC(C)=c1c(C)nnc(NCc2cccnc2)c1=C(C)C. The number of nitrogens with zero attached hydrogens (tertiary/aromatic N) is 3. The maximum absolute atomic E-state index is 4.34. The Labute approximate surface area is 125 Å². The molecule has 0 aliphatic carbocycles. The predicted molar refractivity (Wildman–Crippen MR) is 87.1 cm³/mol. The van der Waals surface area contributed by atoms with Gasteiger partial charge in [0.25, 0.3) is 0 Å². The monoisotopic (exact) mass is 282 g/mol. The van der Waals surface area contributed by atoms with Crippen LogP contribution in [0.5, 0.6) is 0 Å². The molecule has 0 radical (unpaired) electrons. The Balaban J connectivity index is 2.49. The van der Waals surface area contributed by atoms with Crippen LogP contribution in [0.25, 0.3) is 11.1 Å². The Morgan fingerprint density at radius 2 is 1.76 bits per heavy atom. The second-order valence-corrected chi connectivity index (χ2v) is 5.60. The van der Waals surface area contributed by atoms with E-state index >= 15 is 0 Å². The van der Waals surface area contributed by atoms with E-state index in [1.807, 2.05) is 25.3 Å². The van der Waals surface area contributed by atoms with Gasteiger partial charge in [-0.25, -0.2) is 0 Å². The topological polar surface area (TPSA) is 50.7 Å². The van der Waals surface area contributed by atoms with Crippen molar-refractivity contribution in [2.75, 3.05) is 5.32 Å². The van der Waals surface area contributed by atoms with E-state index < -0.39 is 0 Å². The van der Waals surface area contributed by atoms with E-state index in [1.165, 1.54) is 16.4 Å². The number of hydrogen-bond acceptors (Lipinski definition) is 4. The summed E-state index contributed by atoms with van der Waals surface area (Å²) in [6, 6.07) is 3.98. The molecule has 0 amide bonds. The van der Waals surface area contributed by atoms with Crippen molar-refractivity contribution in [3.8, 4) is 0 Å². The molecule has 0 unspecified atom stereocenters. The van der Waals surface area contributed by atoms with Crippen LogP contribution in [0.3, 0.4) is 0 Å². The van der Waals surface area contributed by atoms with Gasteiger partial charge in [-0.15, -0.1) is 5.10 Å².